The van der Waals surface area contributed by atoms with E-state index in [1.54, 1.807) is 12.5 Å². The first-order valence-electron chi connectivity index (χ1n) is 10.3. The minimum absolute atomic E-state index is 0.0304. The van der Waals surface area contributed by atoms with Crippen LogP contribution in [0.2, 0.25) is 0 Å². The topological polar surface area (TPSA) is 111 Å². The molecule has 2 heterocycles. The SMILES string of the molecule is N=C(N)c1c(-c2ccc(OC3C=CC=CC3)cc2)cnc(-c2ccc3occc3c2)c1N. The maximum absolute atomic E-state index is 8.16. The lowest BCUT2D eigenvalue weighted by atomic mass is 9.96. The van der Waals surface area contributed by atoms with E-state index in [0.29, 0.717) is 22.5 Å². The highest BCUT2D eigenvalue weighted by molar-refractivity contribution is 6.08. The average molecular weight is 422 g/mol. The average Bonchev–Trinajstić information content (AvgIpc) is 3.28. The largest absolute Gasteiger partial charge is 0.486 e. The number of nitrogens with zero attached hydrogens (tertiary/aromatic N) is 1. The molecule has 0 bridgehead atoms. The number of hydrogen-bond donors (Lipinski definition) is 3. The predicted octanol–water partition coefficient (Wildman–Crippen LogP) is 5.29. The molecular formula is C26H22N4O2. The van der Waals surface area contributed by atoms with Crippen LogP contribution in [0.5, 0.6) is 5.75 Å². The third-order valence-electron chi connectivity index (χ3n) is 5.51. The van der Waals surface area contributed by atoms with Crippen LogP contribution in [0.15, 0.2) is 89.7 Å². The van der Waals surface area contributed by atoms with E-state index in [-0.39, 0.29) is 11.9 Å². The van der Waals surface area contributed by atoms with Gasteiger partial charge in [0.15, 0.2) is 0 Å². The van der Waals surface area contributed by atoms with Crippen molar-refractivity contribution in [1.29, 1.82) is 5.41 Å². The van der Waals surface area contributed by atoms with Gasteiger partial charge in [0.2, 0.25) is 0 Å². The molecule has 0 spiro atoms. The number of amidine groups is 1. The van der Waals surface area contributed by atoms with Gasteiger partial charge in [-0.05, 0) is 48.0 Å². The van der Waals surface area contributed by atoms with Gasteiger partial charge >= 0.3 is 0 Å². The summed E-state index contributed by atoms with van der Waals surface area (Å²) in [7, 11) is 0. The van der Waals surface area contributed by atoms with Crippen LogP contribution in [0.3, 0.4) is 0 Å². The summed E-state index contributed by atoms with van der Waals surface area (Å²) in [6.07, 6.45) is 12.4. The van der Waals surface area contributed by atoms with Gasteiger partial charge in [-0.1, -0.05) is 30.4 Å². The lowest BCUT2D eigenvalue weighted by molar-refractivity contribution is 0.251. The fourth-order valence-corrected chi connectivity index (χ4v) is 3.91. The third-order valence-corrected chi connectivity index (χ3v) is 5.51. The Morgan fingerprint density at radius 3 is 2.62 bits per heavy atom. The van der Waals surface area contributed by atoms with Gasteiger partial charge in [0.25, 0.3) is 0 Å². The summed E-state index contributed by atoms with van der Waals surface area (Å²) < 4.78 is 11.4. The van der Waals surface area contributed by atoms with Gasteiger partial charge in [-0.2, -0.15) is 0 Å². The van der Waals surface area contributed by atoms with E-state index < -0.39 is 0 Å². The molecule has 0 amide bonds. The molecule has 1 aliphatic rings. The van der Waals surface area contributed by atoms with Gasteiger partial charge < -0.3 is 20.6 Å². The number of rotatable bonds is 5. The minimum atomic E-state index is -0.106. The normalized spacial score (nSPS) is 15.2. The number of nitrogens with one attached hydrogen (secondary N) is 1. The Balaban J connectivity index is 1.50. The van der Waals surface area contributed by atoms with Crippen LogP contribution >= 0.6 is 0 Å². The van der Waals surface area contributed by atoms with Crippen LogP contribution in [0.4, 0.5) is 5.69 Å². The van der Waals surface area contributed by atoms with Gasteiger partial charge in [0.1, 0.15) is 23.3 Å². The summed E-state index contributed by atoms with van der Waals surface area (Å²) >= 11 is 0. The number of nitrogens with two attached hydrogens (primary N) is 2. The van der Waals surface area contributed by atoms with Crippen LogP contribution in [0.1, 0.15) is 12.0 Å². The molecule has 158 valence electrons. The number of fused-ring (bicyclic) bond motifs is 1. The van der Waals surface area contributed by atoms with Crippen molar-refractivity contribution in [1.82, 2.24) is 4.98 Å². The second-order valence-corrected chi connectivity index (χ2v) is 7.63. The summed E-state index contributed by atoms with van der Waals surface area (Å²) in [6, 6.07) is 15.3. The molecule has 1 unspecified atom stereocenters. The molecule has 0 saturated heterocycles. The lowest BCUT2D eigenvalue weighted by Gasteiger charge is -2.17. The van der Waals surface area contributed by atoms with Crippen LogP contribution in [-0.4, -0.2) is 16.9 Å². The van der Waals surface area contributed by atoms with Gasteiger partial charge in [-0.15, -0.1) is 0 Å². The zero-order valence-electron chi connectivity index (χ0n) is 17.3. The number of anilines is 1. The predicted molar refractivity (Wildman–Crippen MR) is 128 cm³/mol. The Morgan fingerprint density at radius 1 is 1.06 bits per heavy atom. The molecule has 1 aliphatic carbocycles. The lowest BCUT2D eigenvalue weighted by Crippen LogP contribution is -2.16. The number of nitrogen functional groups attached to an aromatic ring is 2. The van der Waals surface area contributed by atoms with E-state index in [4.69, 9.17) is 26.0 Å². The van der Waals surface area contributed by atoms with Crippen molar-refractivity contribution in [2.45, 2.75) is 12.5 Å². The molecule has 1 atom stereocenters. The molecule has 0 fully saturated rings. The standard InChI is InChI=1S/C26H22N4O2/c27-24-23(26(28)29)21(15-30-25(24)18-8-11-22-17(14-18)12-13-31-22)16-6-9-20(10-7-16)32-19-4-2-1-3-5-19/h1-4,6-15,19H,5,27H2,(H3,28,29). The number of ether oxygens (including phenoxy) is 1. The van der Waals surface area contributed by atoms with Crippen molar-refractivity contribution in [2.75, 3.05) is 5.73 Å². The molecule has 2 aromatic heterocycles. The quantitative estimate of drug-likeness (QED) is 0.299. The van der Waals surface area contributed by atoms with Gasteiger partial charge in [0, 0.05) is 29.1 Å². The second kappa shape index (κ2) is 8.07. The molecular weight excluding hydrogens is 400 g/mol. The summed E-state index contributed by atoms with van der Waals surface area (Å²) in [4.78, 5) is 4.62. The zero-order chi connectivity index (χ0) is 22.1. The Bertz CT molecular complexity index is 1370. The first-order valence-corrected chi connectivity index (χ1v) is 10.3. The molecule has 5 N–H and O–H groups in total. The van der Waals surface area contributed by atoms with Crippen molar-refractivity contribution < 1.29 is 9.15 Å². The van der Waals surface area contributed by atoms with E-state index in [1.807, 2.05) is 66.8 Å². The molecule has 0 aliphatic heterocycles. The number of aromatic nitrogens is 1. The van der Waals surface area contributed by atoms with Crippen LogP contribution in [-0.2, 0) is 0 Å². The summed E-state index contributed by atoms with van der Waals surface area (Å²) in [5, 5.41) is 9.12. The van der Waals surface area contributed by atoms with Gasteiger partial charge in [-0.25, -0.2) is 0 Å². The second-order valence-electron chi connectivity index (χ2n) is 7.63. The van der Waals surface area contributed by atoms with E-state index in [9.17, 15) is 0 Å². The first kappa shape index (κ1) is 19.6. The fraction of sp³-hybridized carbons (Fsp3) is 0.0769. The Morgan fingerprint density at radius 2 is 1.88 bits per heavy atom. The Labute approximate surface area is 185 Å². The molecule has 0 radical (unpaired) electrons. The summed E-state index contributed by atoms with van der Waals surface area (Å²) in [5.41, 5.74) is 17.0. The monoisotopic (exact) mass is 422 g/mol. The first-order chi connectivity index (χ1) is 15.6. The van der Waals surface area contributed by atoms with E-state index in [1.165, 1.54) is 0 Å². The van der Waals surface area contributed by atoms with Crippen molar-refractivity contribution in [3.8, 4) is 28.1 Å². The fourth-order valence-electron chi connectivity index (χ4n) is 3.91. The third kappa shape index (κ3) is 3.63. The molecule has 5 rings (SSSR count). The Hall–Kier alpha value is -4.32. The van der Waals surface area contributed by atoms with E-state index >= 15 is 0 Å². The molecule has 6 heteroatoms. The maximum Gasteiger partial charge on any atom is 0.133 e. The zero-order valence-corrected chi connectivity index (χ0v) is 17.3. The molecule has 0 saturated carbocycles. The molecule has 6 nitrogen and oxygen atoms in total. The van der Waals surface area contributed by atoms with E-state index in [2.05, 4.69) is 11.1 Å². The van der Waals surface area contributed by atoms with Crippen LogP contribution in [0.25, 0.3) is 33.4 Å². The molecule has 32 heavy (non-hydrogen) atoms. The van der Waals surface area contributed by atoms with Crippen molar-refractivity contribution >= 4 is 22.5 Å². The summed E-state index contributed by atoms with van der Waals surface area (Å²) in [6.45, 7) is 0. The van der Waals surface area contributed by atoms with E-state index in [0.717, 1.165) is 34.3 Å². The van der Waals surface area contributed by atoms with Crippen molar-refractivity contribution in [3.63, 3.8) is 0 Å². The summed E-state index contributed by atoms with van der Waals surface area (Å²) in [5.74, 6) is 0.666. The number of allylic oxidation sites excluding steroid dienone is 2. The van der Waals surface area contributed by atoms with Crippen LogP contribution in [0, 0.1) is 5.41 Å². The van der Waals surface area contributed by atoms with Gasteiger partial charge in [0.05, 0.1) is 23.2 Å². The maximum atomic E-state index is 8.16. The smallest absolute Gasteiger partial charge is 0.133 e. The van der Waals surface area contributed by atoms with Crippen molar-refractivity contribution in [2.24, 2.45) is 5.73 Å². The molecule has 2 aromatic carbocycles. The van der Waals surface area contributed by atoms with Crippen molar-refractivity contribution in [3.05, 3.63) is 90.9 Å². The highest BCUT2D eigenvalue weighted by Crippen LogP contribution is 2.35. The number of benzene rings is 2. The number of hydrogen-bond acceptors (Lipinski definition) is 5. The van der Waals surface area contributed by atoms with Crippen LogP contribution < -0.4 is 16.2 Å². The highest BCUT2D eigenvalue weighted by Gasteiger charge is 2.18. The number of pyridine rings is 1. The number of furan rings is 1. The Kier molecular flexibility index (Phi) is 4.95. The minimum Gasteiger partial charge on any atom is -0.486 e. The van der Waals surface area contributed by atoms with Gasteiger partial charge in [-0.3, -0.25) is 10.4 Å². The molecule has 4 aromatic rings. The highest BCUT2D eigenvalue weighted by atomic mass is 16.5.